The first-order chi connectivity index (χ1) is 9.47. The van der Waals surface area contributed by atoms with Gasteiger partial charge in [0.15, 0.2) is 0 Å². The summed E-state index contributed by atoms with van der Waals surface area (Å²) in [5.74, 6) is 0. The lowest BCUT2D eigenvalue weighted by Crippen LogP contribution is -2.14. The van der Waals surface area contributed by atoms with Crippen molar-refractivity contribution < 1.29 is 0 Å². The normalized spacial score (nSPS) is 13.7. The highest BCUT2D eigenvalue weighted by atomic mass is 15.1. The zero-order valence-corrected chi connectivity index (χ0v) is 12.6. The topological polar surface area (TPSA) is 3.24 Å². The van der Waals surface area contributed by atoms with Crippen molar-refractivity contribution in [3.8, 4) is 0 Å². The zero-order chi connectivity index (χ0) is 14.3. The Kier molecular flexibility index (Phi) is 2.93. The van der Waals surface area contributed by atoms with Crippen LogP contribution >= 0.6 is 0 Å². The average Bonchev–Trinajstić information content (AvgIpc) is 2.56. The van der Waals surface area contributed by atoms with Crippen LogP contribution in [0.4, 0.5) is 11.4 Å². The van der Waals surface area contributed by atoms with E-state index in [4.69, 9.17) is 0 Å². The van der Waals surface area contributed by atoms with Gasteiger partial charge in [0.1, 0.15) is 0 Å². The van der Waals surface area contributed by atoms with E-state index in [-0.39, 0.29) is 5.41 Å². The van der Waals surface area contributed by atoms with Crippen molar-refractivity contribution >= 4 is 23.5 Å². The molecule has 1 nitrogen and oxygen atoms in total. The monoisotopic (exact) mass is 263 g/mol. The minimum Gasteiger partial charge on any atom is -0.344 e. The lowest BCUT2D eigenvalue weighted by molar-refractivity contribution is 0.590. The molecule has 0 saturated carbocycles. The minimum absolute atomic E-state index is 0.181. The van der Waals surface area contributed by atoms with Gasteiger partial charge in [0.2, 0.25) is 0 Å². The Hall–Kier alpha value is -2.02. The molecule has 0 fully saturated rings. The molecule has 1 heterocycles. The largest absolute Gasteiger partial charge is 0.344 e. The van der Waals surface area contributed by atoms with E-state index in [2.05, 4.69) is 87.3 Å². The summed E-state index contributed by atoms with van der Waals surface area (Å²) < 4.78 is 0. The molecule has 0 radical (unpaired) electrons. The first-order valence-electron chi connectivity index (χ1n) is 7.12. The Bertz CT molecular complexity index is 674. The molecule has 2 aromatic carbocycles. The van der Waals surface area contributed by atoms with E-state index in [9.17, 15) is 0 Å². The number of anilines is 2. The van der Waals surface area contributed by atoms with Crippen molar-refractivity contribution in [2.24, 2.45) is 0 Å². The van der Waals surface area contributed by atoms with E-state index in [0.717, 1.165) is 0 Å². The highest BCUT2D eigenvalue weighted by Gasteiger charge is 2.18. The third-order valence-corrected chi connectivity index (χ3v) is 4.00. The second-order valence-electron chi connectivity index (χ2n) is 6.47. The van der Waals surface area contributed by atoms with Gasteiger partial charge >= 0.3 is 0 Å². The Morgan fingerprint density at radius 3 is 2.20 bits per heavy atom. The van der Waals surface area contributed by atoms with Gasteiger partial charge in [0.25, 0.3) is 0 Å². The summed E-state index contributed by atoms with van der Waals surface area (Å²) in [6.07, 6.45) is 4.44. The van der Waals surface area contributed by atoms with Crippen molar-refractivity contribution in [1.82, 2.24) is 0 Å². The van der Waals surface area contributed by atoms with Crippen LogP contribution in [0, 0.1) is 0 Å². The summed E-state index contributed by atoms with van der Waals surface area (Å²) >= 11 is 0. The number of para-hydroxylation sites is 1. The Labute approximate surface area is 121 Å². The molecule has 0 spiro atoms. The van der Waals surface area contributed by atoms with E-state index in [1.54, 1.807) is 0 Å². The van der Waals surface area contributed by atoms with Crippen molar-refractivity contribution in [2.45, 2.75) is 26.2 Å². The highest BCUT2D eigenvalue weighted by molar-refractivity contribution is 5.88. The van der Waals surface area contributed by atoms with E-state index in [1.807, 2.05) is 0 Å². The number of fused-ring (bicyclic) bond motifs is 2. The van der Waals surface area contributed by atoms with Crippen LogP contribution in [0.1, 0.15) is 37.5 Å². The summed E-state index contributed by atoms with van der Waals surface area (Å²) in [5.41, 5.74) is 6.63. The van der Waals surface area contributed by atoms with Crippen LogP contribution in [0.25, 0.3) is 12.2 Å². The molecule has 0 aromatic heterocycles. The van der Waals surface area contributed by atoms with Gasteiger partial charge in [-0.05, 0) is 40.3 Å². The van der Waals surface area contributed by atoms with Crippen molar-refractivity contribution in [2.75, 3.05) is 11.9 Å². The maximum Gasteiger partial charge on any atom is 0.0482 e. The summed E-state index contributed by atoms with van der Waals surface area (Å²) in [7, 11) is 2.14. The number of nitrogens with zero attached hydrogens (tertiary/aromatic N) is 1. The second-order valence-corrected chi connectivity index (χ2v) is 6.47. The molecule has 1 aliphatic rings. The van der Waals surface area contributed by atoms with Crippen LogP contribution in [0.3, 0.4) is 0 Å². The van der Waals surface area contributed by atoms with Gasteiger partial charge in [-0.15, -0.1) is 0 Å². The molecule has 1 aliphatic heterocycles. The van der Waals surface area contributed by atoms with Crippen LogP contribution < -0.4 is 4.90 Å². The predicted molar refractivity (Wildman–Crippen MR) is 88.6 cm³/mol. The lowest BCUT2D eigenvalue weighted by Gasteiger charge is -2.25. The fourth-order valence-electron chi connectivity index (χ4n) is 2.70. The molecular formula is C19H21N. The van der Waals surface area contributed by atoms with E-state index in [1.165, 1.54) is 28.1 Å². The fourth-order valence-corrected chi connectivity index (χ4v) is 2.70. The smallest absolute Gasteiger partial charge is 0.0482 e. The first kappa shape index (κ1) is 13.0. The van der Waals surface area contributed by atoms with Crippen LogP contribution in [-0.2, 0) is 5.41 Å². The molecule has 1 heteroatoms. The van der Waals surface area contributed by atoms with Crippen molar-refractivity contribution in [1.29, 1.82) is 0 Å². The molecule has 0 amide bonds. The summed E-state index contributed by atoms with van der Waals surface area (Å²) in [5, 5.41) is 0. The number of benzene rings is 2. The third-order valence-electron chi connectivity index (χ3n) is 4.00. The van der Waals surface area contributed by atoms with Gasteiger partial charge in [0.05, 0.1) is 0 Å². The summed E-state index contributed by atoms with van der Waals surface area (Å²) in [6, 6.07) is 15.3. The van der Waals surface area contributed by atoms with Crippen LogP contribution in [0.15, 0.2) is 42.5 Å². The quantitative estimate of drug-likeness (QED) is 0.628. The molecule has 102 valence electrons. The fraction of sp³-hybridized carbons (Fsp3) is 0.263. The molecule has 0 unspecified atom stereocenters. The molecule has 2 aromatic rings. The Morgan fingerprint density at radius 1 is 0.800 bits per heavy atom. The molecule has 0 atom stereocenters. The van der Waals surface area contributed by atoms with Crippen LogP contribution in [-0.4, -0.2) is 7.05 Å². The van der Waals surface area contributed by atoms with Crippen molar-refractivity contribution in [3.63, 3.8) is 0 Å². The molecule has 3 rings (SSSR count). The zero-order valence-electron chi connectivity index (χ0n) is 12.6. The molecule has 0 N–H and O–H groups in total. The maximum atomic E-state index is 2.31. The molecule has 0 aliphatic carbocycles. The highest BCUT2D eigenvalue weighted by Crippen LogP contribution is 2.36. The predicted octanol–water partition coefficient (Wildman–Crippen LogP) is 5.24. The van der Waals surface area contributed by atoms with E-state index < -0.39 is 0 Å². The average molecular weight is 263 g/mol. The second kappa shape index (κ2) is 4.52. The van der Waals surface area contributed by atoms with Gasteiger partial charge in [-0.2, -0.15) is 0 Å². The van der Waals surface area contributed by atoms with E-state index in [0.29, 0.717) is 0 Å². The van der Waals surface area contributed by atoms with Gasteiger partial charge < -0.3 is 4.90 Å². The van der Waals surface area contributed by atoms with Crippen LogP contribution in [0.2, 0.25) is 0 Å². The number of rotatable bonds is 0. The van der Waals surface area contributed by atoms with E-state index >= 15 is 0 Å². The summed E-state index contributed by atoms with van der Waals surface area (Å²) in [4.78, 5) is 2.27. The van der Waals surface area contributed by atoms with Gasteiger partial charge in [-0.3, -0.25) is 0 Å². The molecule has 20 heavy (non-hydrogen) atoms. The van der Waals surface area contributed by atoms with Crippen molar-refractivity contribution in [3.05, 3.63) is 59.2 Å². The first-order valence-corrected chi connectivity index (χ1v) is 7.12. The number of hydrogen-bond acceptors (Lipinski definition) is 1. The SMILES string of the molecule is CN1c2ccccc2C=Cc2cc(C(C)(C)C)ccc21. The minimum atomic E-state index is 0.181. The number of hydrogen-bond donors (Lipinski definition) is 0. The lowest BCUT2D eigenvalue weighted by atomic mass is 9.86. The standard InChI is InChI=1S/C19H21N/c1-19(2,3)16-11-12-18-15(13-16)10-9-14-7-5-6-8-17(14)20(18)4/h5-13H,1-4H3. The van der Waals surface area contributed by atoms with Gasteiger partial charge in [-0.25, -0.2) is 0 Å². The summed E-state index contributed by atoms with van der Waals surface area (Å²) in [6.45, 7) is 6.77. The molecule has 0 bridgehead atoms. The maximum absolute atomic E-state index is 2.31. The van der Waals surface area contributed by atoms with Crippen LogP contribution in [0.5, 0.6) is 0 Å². The van der Waals surface area contributed by atoms with Gasteiger partial charge in [0, 0.05) is 18.4 Å². The Morgan fingerprint density at radius 2 is 1.45 bits per heavy atom. The Balaban J connectivity index is 2.16. The molecule has 0 saturated heterocycles. The molecular weight excluding hydrogens is 242 g/mol. The van der Waals surface area contributed by atoms with Gasteiger partial charge in [-0.1, -0.05) is 57.2 Å². The third kappa shape index (κ3) is 2.14.